The average Bonchev–Trinajstić information content (AvgIpc) is 3.36. The van der Waals surface area contributed by atoms with Crippen LogP contribution >= 0.6 is 23.2 Å². The predicted octanol–water partition coefficient (Wildman–Crippen LogP) is 6.06. The molecule has 1 aliphatic rings. The molecule has 4 aromatic rings. The number of anilines is 1. The van der Waals surface area contributed by atoms with Crippen LogP contribution in [0.3, 0.4) is 0 Å². The monoisotopic (exact) mass is 483 g/mol. The molecule has 0 N–H and O–H groups in total. The van der Waals surface area contributed by atoms with Crippen LogP contribution in [0.25, 0.3) is 11.0 Å². The van der Waals surface area contributed by atoms with E-state index < -0.39 is 0 Å². The second kappa shape index (κ2) is 8.69. The van der Waals surface area contributed by atoms with Crippen molar-refractivity contribution in [1.82, 2.24) is 9.55 Å². The van der Waals surface area contributed by atoms with Gasteiger partial charge in [-0.1, -0.05) is 41.4 Å². The zero-order valence-electron chi connectivity index (χ0n) is 17.8. The van der Waals surface area contributed by atoms with Crippen LogP contribution in [0.4, 0.5) is 10.1 Å². The second-order valence-electron chi connectivity index (χ2n) is 7.97. The van der Waals surface area contributed by atoms with Crippen molar-refractivity contribution in [3.63, 3.8) is 0 Å². The number of hydrogen-bond donors (Lipinski definition) is 0. The number of para-hydroxylation sites is 2. The molecule has 0 saturated carbocycles. The molecule has 3 aromatic carbocycles. The maximum Gasteiger partial charge on any atom is 0.227 e. The van der Waals surface area contributed by atoms with E-state index in [2.05, 4.69) is 0 Å². The molecule has 1 atom stereocenters. The summed E-state index contributed by atoms with van der Waals surface area (Å²) < 4.78 is 22.0. The van der Waals surface area contributed by atoms with Gasteiger partial charge in [-0.15, -0.1) is 0 Å². The van der Waals surface area contributed by atoms with Crippen molar-refractivity contribution in [3.8, 4) is 5.75 Å². The lowest BCUT2D eigenvalue weighted by atomic mass is 10.1. The molecule has 2 heterocycles. The first kappa shape index (κ1) is 21.7. The van der Waals surface area contributed by atoms with Crippen LogP contribution in [0.5, 0.6) is 5.75 Å². The highest BCUT2D eigenvalue weighted by Gasteiger charge is 2.36. The van der Waals surface area contributed by atoms with Crippen LogP contribution < -0.4 is 9.64 Å². The molecule has 168 valence electrons. The molecule has 1 aromatic heterocycles. The minimum absolute atomic E-state index is 0.0527. The molecule has 0 spiro atoms. The van der Waals surface area contributed by atoms with Gasteiger partial charge in [0.25, 0.3) is 0 Å². The van der Waals surface area contributed by atoms with Gasteiger partial charge in [-0.25, -0.2) is 9.37 Å². The third-order valence-electron chi connectivity index (χ3n) is 5.98. The molecule has 0 unspecified atom stereocenters. The first-order valence-electron chi connectivity index (χ1n) is 10.5. The van der Waals surface area contributed by atoms with E-state index in [0.29, 0.717) is 39.4 Å². The van der Waals surface area contributed by atoms with Crippen LogP contribution in [0.15, 0.2) is 60.7 Å². The number of amides is 1. The SMILES string of the molecule is COc1ccc(Cl)cc1N1C[C@@H](c2nc3ccccc3n2Cc2c(F)cccc2Cl)CC1=O. The summed E-state index contributed by atoms with van der Waals surface area (Å²) in [5.41, 5.74) is 2.66. The van der Waals surface area contributed by atoms with Crippen molar-refractivity contribution in [2.24, 2.45) is 0 Å². The Morgan fingerprint density at radius 3 is 2.73 bits per heavy atom. The highest BCUT2D eigenvalue weighted by atomic mass is 35.5. The Bertz CT molecular complexity index is 1350. The largest absolute Gasteiger partial charge is 0.495 e. The van der Waals surface area contributed by atoms with Crippen molar-refractivity contribution in [1.29, 1.82) is 0 Å². The fourth-order valence-corrected chi connectivity index (χ4v) is 4.79. The quantitative estimate of drug-likeness (QED) is 0.346. The molecule has 0 aliphatic carbocycles. The number of rotatable bonds is 5. The maximum absolute atomic E-state index is 14.6. The molecule has 33 heavy (non-hydrogen) atoms. The molecular formula is C25H20Cl2FN3O2. The highest BCUT2D eigenvalue weighted by molar-refractivity contribution is 6.31. The number of nitrogens with zero attached hydrogens (tertiary/aromatic N) is 3. The Labute approximate surface area is 200 Å². The normalized spacial score (nSPS) is 16.1. The number of aromatic nitrogens is 2. The lowest BCUT2D eigenvalue weighted by Crippen LogP contribution is -2.25. The lowest BCUT2D eigenvalue weighted by molar-refractivity contribution is -0.117. The molecule has 0 bridgehead atoms. The summed E-state index contributed by atoms with van der Waals surface area (Å²) in [7, 11) is 1.56. The summed E-state index contributed by atoms with van der Waals surface area (Å²) in [5.74, 6) is 0.661. The van der Waals surface area contributed by atoms with Gasteiger partial charge in [0.15, 0.2) is 0 Å². The number of ether oxygens (including phenoxy) is 1. The lowest BCUT2D eigenvalue weighted by Gasteiger charge is -2.20. The summed E-state index contributed by atoms with van der Waals surface area (Å²) in [6, 6.07) is 17.5. The number of imidazole rings is 1. The van der Waals surface area contributed by atoms with E-state index in [0.717, 1.165) is 11.0 Å². The molecule has 1 aliphatic heterocycles. The number of carbonyl (C=O) groups is 1. The summed E-state index contributed by atoms with van der Waals surface area (Å²) in [6.07, 6.45) is 0.268. The molecule has 1 fully saturated rings. The van der Waals surface area contributed by atoms with E-state index in [1.807, 2.05) is 28.8 Å². The van der Waals surface area contributed by atoms with Crippen LogP contribution in [0.2, 0.25) is 10.0 Å². The van der Waals surface area contributed by atoms with Crippen LogP contribution in [-0.2, 0) is 11.3 Å². The molecule has 1 saturated heterocycles. The standard InChI is InChI=1S/C25H20Cl2FN3O2/c1-33-23-10-9-16(26)12-22(23)30-13-15(11-24(30)32)25-29-20-7-2-3-8-21(20)31(25)14-17-18(27)5-4-6-19(17)28/h2-10,12,15H,11,13-14H2,1H3/t15-/m0/s1. The van der Waals surface area contributed by atoms with Gasteiger partial charge in [0.2, 0.25) is 5.91 Å². The van der Waals surface area contributed by atoms with E-state index in [4.69, 9.17) is 32.9 Å². The molecule has 5 nitrogen and oxygen atoms in total. The minimum atomic E-state index is -0.376. The number of fused-ring (bicyclic) bond motifs is 1. The summed E-state index contributed by atoms with van der Waals surface area (Å²) in [6.45, 7) is 0.621. The van der Waals surface area contributed by atoms with Crippen molar-refractivity contribution in [2.75, 3.05) is 18.6 Å². The van der Waals surface area contributed by atoms with Gasteiger partial charge < -0.3 is 14.2 Å². The second-order valence-corrected chi connectivity index (χ2v) is 8.81. The predicted molar refractivity (Wildman–Crippen MR) is 128 cm³/mol. The van der Waals surface area contributed by atoms with Gasteiger partial charge in [0.05, 0.1) is 30.4 Å². The van der Waals surface area contributed by atoms with Crippen LogP contribution in [0.1, 0.15) is 23.7 Å². The number of halogens is 3. The van der Waals surface area contributed by atoms with Crippen molar-refractivity contribution >= 4 is 45.8 Å². The van der Waals surface area contributed by atoms with Gasteiger partial charge >= 0.3 is 0 Å². The van der Waals surface area contributed by atoms with E-state index in [9.17, 15) is 9.18 Å². The Hall–Kier alpha value is -3.09. The zero-order chi connectivity index (χ0) is 23.1. The highest BCUT2D eigenvalue weighted by Crippen LogP contribution is 2.39. The summed E-state index contributed by atoms with van der Waals surface area (Å²) in [4.78, 5) is 19.5. The van der Waals surface area contributed by atoms with E-state index in [1.165, 1.54) is 6.07 Å². The van der Waals surface area contributed by atoms with Crippen molar-refractivity contribution < 1.29 is 13.9 Å². The van der Waals surface area contributed by atoms with Crippen LogP contribution in [-0.4, -0.2) is 29.1 Å². The first-order chi connectivity index (χ1) is 16.0. The molecule has 1 amide bonds. The van der Waals surface area contributed by atoms with Gasteiger partial charge in [0, 0.05) is 34.5 Å². The van der Waals surface area contributed by atoms with Crippen molar-refractivity contribution in [3.05, 3.63) is 87.9 Å². The Morgan fingerprint density at radius 2 is 1.94 bits per heavy atom. The summed E-state index contributed by atoms with van der Waals surface area (Å²) >= 11 is 12.5. The number of hydrogen-bond acceptors (Lipinski definition) is 3. The Kier molecular flexibility index (Phi) is 5.72. The summed E-state index contributed by atoms with van der Waals surface area (Å²) in [5, 5.41) is 0.870. The molecule has 5 rings (SSSR count). The number of benzene rings is 3. The zero-order valence-corrected chi connectivity index (χ0v) is 19.3. The van der Waals surface area contributed by atoms with Gasteiger partial charge in [-0.2, -0.15) is 0 Å². The van der Waals surface area contributed by atoms with E-state index >= 15 is 0 Å². The first-order valence-corrected chi connectivity index (χ1v) is 11.2. The molecular weight excluding hydrogens is 464 g/mol. The van der Waals surface area contributed by atoms with E-state index in [1.54, 1.807) is 42.3 Å². The number of methoxy groups -OCH3 is 1. The Balaban J connectivity index is 1.57. The smallest absolute Gasteiger partial charge is 0.227 e. The maximum atomic E-state index is 14.6. The minimum Gasteiger partial charge on any atom is -0.495 e. The molecule has 0 radical (unpaired) electrons. The fraction of sp³-hybridized carbons (Fsp3) is 0.200. The Morgan fingerprint density at radius 1 is 1.12 bits per heavy atom. The van der Waals surface area contributed by atoms with Crippen molar-refractivity contribution in [2.45, 2.75) is 18.9 Å². The molecule has 8 heteroatoms. The van der Waals surface area contributed by atoms with Gasteiger partial charge in [-0.3, -0.25) is 4.79 Å². The van der Waals surface area contributed by atoms with E-state index in [-0.39, 0.29) is 30.6 Å². The van der Waals surface area contributed by atoms with Gasteiger partial charge in [-0.05, 0) is 42.5 Å². The van der Waals surface area contributed by atoms with Gasteiger partial charge in [0.1, 0.15) is 17.4 Å². The number of carbonyl (C=O) groups excluding carboxylic acids is 1. The average molecular weight is 484 g/mol. The fourth-order valence-electron chi connectivity index (χ4n) is 4.40. The third kappa shape index (κ3) is 3.94. The third-order valence-corrected chi connectivity index (χ3v) is 6.57. The topological polar surface area (TPSA) is 47.4 Å². The van der Waals surface area contributed by atoms with Crippen LogP contribution in [0, 0.1) is 5.82 Å².